The lowest BCUT2D eigenvalue weighted by Gasteiger charge is -2.05. The Hall–Kier alpha value is -1.97. The second kappa shape index (κ2) is 7.46. The van der Waals surface area contributed by atoms with E-state index in [0.717, 1.165) is 44.7 Å². The first-order chi connectivity index (χ1) is 13.7. The van der Waals surface area contributed by atoms with E-state index in [1.54, 1.807) is 34.4 Å². The lowest BCUT2D eigenvalue weighted by molar-refractivity contribution is 0.713. The third-order valence-corrected chi connectivity index (χ3v) is 8.11. The van der Waals surface area contributed by atoms with E-state index in [-0.39, 0.29) is 0 Å². The number of aromatic nitrogens is 5. The Labute approximate surface area is 175 Å². The van der Waals surface area contributed by atoms with Crippen LogP contribution in [0.2, 0.25) is 0 Å². The second-order valence-electron chi connectivity index (χ2n) is 6.90. The van der Waals surface area contributed by atoms with Gasteiger partial charge in [0, 0.05) is 11.9 Å². The molecule has 0 atom stereocenters. The molecule has 28 heavy (non-hydrogen) atoms. The van der Waals surface area contributed by atoms with Crippen LogP contribution in [0.4, 0.5) is 5.82 Å². The van der Waals surface area contributed by atoms with E-state index in [0.29, 0.717) is 11.6 Å². The maximum Gasteiger partial charge on any atom is 0.191 e. The molecule has 0 spiro atoms. The molecule has 4 aromatic heterocycles. The zero-order valence-corrected chi connectivity index (χ0v) is 18.0. The monoisotopic (exact) mass is 428 g/mol. The molecule has 0 aliphatic heterocycles. The van der Waals surface area contributed by atoms with Crippen molar-refractivity contribution in [3.8, 4) is 10.7 Å². The van der Waals surface area contributed by atoms with E-state index in [1.807, 2.05) is 23.1 Å². The summed E-state index contributed by atoms with van der Waals surface area (Å²) in [7, 11) is 1.99. The number of fused-ring (bicyclic) bond motifs is 3. The zero-order chi connectivity index (χ0) is 19.1. The number of rotatable bonds is 4. The standard InChI is InChI=1S/C19H20N6S3/c1-25-17(13-8-5-9-26-13)23-24-19(25)27-10-14-21-16(20)15-11-6-3-2-4-7-12(11)28-18(15)22-14/h5,8-9H,2-4,6-7,10H2,1H3,(H2,20,21,22). The first-order valence-corrected chi connectivity index (χ1v) is 12.0. The maximum atomic E-state index is 6.36. The third-order valence-electron chi connectivity index (χ3n) is 5.05. The molecular formula is C19H20N6S3. The minimum absolute atomic E-state index is 0.622. The van der Waals surface area contributed by atoms with Crippen LogP contribution in [0.3, 0.4) is 0 Å². The van der Waals surface area contributed by atoms with Crippen molar-refractivity contribution >= 4 is 50.5 Å². The maximum absolute atomic E-state index is 6.36. The number of hydrogen-bond acceptors (Lipinski definition) is 8. The molecule has 0 saturated carbocycles. The highest BCUT2D eigenvalue weighted by Gasteiger charge is 2.20. The van der Waals surface area contributed by atoms with E-state index >= 15 is 0 Å². The van der Waals surface area contributed by atoms with Crippen molar-refractivity contribution < 1.29 is 0 Å². The SMILES string of the molecule is Cn1c(SCc2nc(N)c3c4c(sc3n2)CCCCC4)nnc1-c1cccs1. The lowest BCUT2D eigenvalue weighted by atomic mass is 10.1. The Morgan fingerprint density at radius 3 is 2.93 bits per heavy atom. The molecule has 144 valence electrons. The largest absolute Gasteiger partial charge is 0.383 e. The van der Waals surface area contributed by atoms with Crippen LogP contribution < -0.4 is 5.73 Å². The Morgan fingerprint density at radius 1 is 1.18 bits per heavy atom. The number of thioether (sulfide) groups is 1. The summed E-state index contributed by atoms with van der Waals surface area (Å²) >= 11 is 5.05. The summed E-state index contributed by atoms with van der Waals surface area (Å²) in [4.78, 5) is 13.0. The molecule has 2 N–H and O–H groups in total. The van der Waals surface area contributed by atoms with E-state index < -0.39 is 0 Å². The molecule has 0 unspecified atom stereocenters. The third kappa shape index (κ3) is 3.21. The number of hydrogen-bond donors (Lipinski definition) is 1. The number of anilines is 1. The van der Waals surface area contributed by atoms with Crippen molar-refractivity contribution in [1.82, 2.24) is 24.7 Å². The molecule has 6 nitrogen and oxygen atoms in total. The van der Waals surface area contributed by atoms with Crippen molar-refractivity contribution in [2.75, 3.05) is 5.73 Å². The summed E-state index contributed by atoms with van der Waals surface area (Å²) in [5.41, 5.74) is 7.75. The van der Waals surface area contributed by atoms with Crippen LogP contribution in [0.25, 0.3) is 20.9 Å². The van der Waals surface area contributed by atoms with Crippen LogP contribution >= 0.6 is 34.4 Å². The average molecular weight is 429 g/mol. The molecule has 0 saturated heterocycles. The van der Waals surface area contributed by atoms with E-state index in [4.69, 9.17) is 10.7 Å². The van der Waals surface area contributed by atoms with Gasteiger partial charge in [-0.15, -0.1) is 32.9 Å². The van der Waals surface area contributed by atoms with Gasteiger partial charge in [0.1, 0.15) is 16.5 Å². The molecule has 9 heteroatoms. The van der Waals surface area contributed by atoms with Crippen molar-refractivity contribution in [2.24, 2.45) is 7.05 Å². The number of nitrogens with zero attached hydrogens (tertiary/aromatic N) is 5. The first-order valence-electron chi connectivity index (χ1n) is 9.33. The molecule has 5 rings (SSSR count). The van der Waals surface area contributed by atoms with E-state index in [1.165, 1.54) is 29.7 Å². The van der Waals surface area contributed by atoms with Gasteiger partial charge in [0.15, 0.2) is 11.0 Å². The fraction of sp³-hybridized carbons (Fsp3) is 0.368. The number of nitrogens with two attached hydrogens (primary N) is 1. The van der Waals surface area contributed by atoms with Crippen LogP contribution in [-0.2, 0) is 25.6 Å². The van der Waals surface area contributed by atoms with Gasteiger partial charge < -0.3 is 10.3 Å². The molecule has 0 amide bonds. The van der Waals surface area contributed by atoms with Crippen LogP contribution in [-0.4, -0.2) is 24.7 Å². The quantitative estimate of drug-likeness (QED) is 0.375. The van der Waals surface area contributed by atoms with Crippen LogP contribution in [0.15, 0.2) is 22.7 Å². The van der Waals surface area contributed by atoms with Gasteiger partial charge in [-0.1, -0.05) is 24.2 Å². The number of nitrogen functional groups attached to an aromatic ring is 1. The van der Waals surface area contributed by atoms with Gasteiger partial charge in [0.2, 0.25) is 0 Å². The van der Waals surface area contributed by atoms with E-state index in [2.05, 4.69) is 21.2 Å². The van der Waals surface area contributed by atoms with Gasteiger partial charge in [0.25, 0.3) is 0 Å². The summed E-state index contributed by atoms with van der Waals surface area (Å²) in [6.07, 6.45) is 6.03. The Morgan fingerprint density at radius 2 is 2.07 bits per heavy atom. The summed E-state index contributed by atoms with van der Waals surface area (Å²) < 4.78 is 2.02. The molecule has 1 aliphatic rings. The molecular weight excluding hydrogens is 408 g/mol. The Balaban J connectivity index is 1.40. The Kier molecular flexibility index (Phi) is 4.82. The van der Waals surface area contributed by atoms with Crippen LogP contribution in [0, 0.1) is 0 Å². The van der Waals surface area contributed by atoms with Gasteiger partial charge in [-0.25, -0.2) is 9.97 Å². The minimum atomic E-state index is 0.622. The summed E-state index contributed by atoms with van der Waals surface area (Å²) in [6.45, 7) is 0. The van der Waals surface area contributed by atoms with Crippen molar-refractivity contribution in [1.29, 1.82) is 0 Å². The zero-order valence-electron chi connectivity index (χ0n) is 15.5. The molecule has 1 aliphatic carbocycles. The van der Waals surface area contributed by atoms with E-state index in [9.17, 15) is 0 Å². The summed E-state index contributed by atoms with van der Waals surface area (Å²) in [5.74, 6) is 2.89. The normalized spacial score (nSPS) is 14.3. The van der Waals surface area contributed by atoms with Gasteiger partial charge in [-0.2, -0.15) is 0 Å². The smallest absolute Gasteiger partial charge is 0.191 e. The van der Waals surface area contributed by atoms with Crippen molar-refractivity contribution in [3.05, 3.63) is 33.8 Å². The fourth-order valence-corrected chi connectivity index (χ4v) is 6.46. The van der Waals surface area contributed by atoms with Gasteiger partial charge in [0.05, 0.1) is 16.0 Å². The highest BCUT2D eigenvalue weighted by atomic mass is 32.2. The van der Waals surface area contributed by atoms with Gasteiger partial charge in [-0.05, 0) is 42.7 Å². The Bertz CT molecular complexity index is 1130. The molecule has 0 fully saturated rings. The number of aryl methyl sites for hydroxylation is 2. The lowest BCUT2D eigenvalue weighted by Crippen LogP contribution is -2.01. The topological polar surface area (TPSA) is 82.5 Å². The average Bonchev–Trinajstić information content (AvgIpc) is 3.37. The number of thiophene rings is 2. The molecule has 4 heterocycles. The fourth-order valence-electron chi connectivity index (χ4n) is 3.66. The predicted octanol–water partition coefficient (Wildman–Crippen LogP) is 4.69. The summed E-state index contributed by atoms with van der Waals surface area (Å²) in [5, 5.41) is 12.7. The van der Waals surface area contributed by atoms with Crippen LogP contribution in [0.1, 0.15) is 35.5 Å². The summed E-state index contributed by atoms with van der Waals surface area (Å²) in [6, 6.07) is 4.08. The molecule has 4 aromatic rings. The minimum Gasteiger partial charge on any atom is -0.383 e. The highest BCUT2D eigenvalue weighted by Crippen LogP contribution is 2.37. The second-order valence-corrected chi connectivity index (χ2v) is 9.87. The van der Waals surface area contributed by atoms with Gasteiger partial charge in [-0.3, -0.25) is 0 Å². The first kappa shape index (κ1) is 18.1. The molecule has 0 radical (unpaired) electrons. The van der Waals surface area contributed by atoms with Crippen molar-refractivity contribution in [2.45, 2.75) is 43.0 Å². The highest BCUT2D eigenvalue weighted by molar-refractivity contribution is 7.98. The predicted molar refractivity (Wildman–Crippen MR) is 117 cm³/mol. The van der Waals surface area contributed by atoms with Crippen LogP contribution in [0.5, 0.6) is 0 Å². The van der Waals surface area contributed by atoms with Crippen molar-refractivity contribution in [3.63, 3.8) is 0 Å². The molecule has 0 bridgehead atoms. The molecule has 0 aromatic carbocycles. The van der Waals surface area contributed by atoms with Gasteiger partial charge >= 0.3 is 0 Å².